The highest BCUT2D eigenvalue weighted by atomic mass is 16.4. The number of benzene rings is 1. The number of hydrogen-bond acceptors (Lipinski definition) is 2. The average Bonchev–Trinajstić information content (AvgIpc) is 2.86. The molecule has 1 amide bonds. The number of nitrogens with zero attached hydrogens (tertiary/aromatic N) is 1. The molecule has 0 unspecified atom stereocenters. The summed E-state index contributed by atoms with van der Waals surface area (Å²) in [7, 11) is 0. The van der Waals surface area contributed by atoms with Crippen LogP contribution in [0.2, 0.25) is 0 Å². The number of hydrogen-bond donors (Lipinski definition) is 2. The van der Waals surface area contributed by atoms with Crippen LogP contribution in [0.15, 0.2) is 30.3 Å². The monoisotopic (exact) mass is 328 g/mol. The lowest BCUT2D eigenvalue weighted by atomic mass is 10.1. The fourth-order valence-corrected chi connectivity index (χ4v) is 2.94. The van der Waals surface area contributed by atoms with Crippen molar-refractivity contribution >= 4 is 11.9 Å². The zero-order chi connectivity index (χ0) is 17.7. The first kappa shape index (κ1) is 17.8. The summed E-state index contributed by atoms with van der Waals surface area (Å²) in [5.41, 5.74) is 2.87. The smallest absolute Gasteiger partial charge is 0.352 e. The van der Waals surface area contributed by atoms with Gasteiger partial charge in [-0.15, -0.1) is 0 Å². The number of amides is 1. The van der Waals surface area contributed by atoms with Gasteiger partial charge in [0.05, 0.1) is 5.56 Å². The number of aromatic carboxylic acids is 1. The zero-order valence-corrected chi connectivity index (χ0v) is 14.4. The molecule has 0 saturated heterocycles. The second kappa shape index (κ2) is 7.81. The largest absolute Gasteiger partial charge is 0.477 e. The predicted octanol–water partition coefficient (Wildman–Crippen LogP) is 3.42. The minimum Gasteiger partial charge on any atom is -0.477 e. The Morgan fingerprint density at radius 3 is 2.33 bits per heavy atom. The molecule has 1 heterocycles. The van der Waals surface area contributed by atoms with E-state index in [0.717, 1.165) is 12.8 Å². The van der Waals surface area contributed by atoms with Crippen LogP contribution in [0.4, 0.5) is 0 Å². The van der Waals surface area contributed by atoms with Crippen LogP contribution in [-0.2, 0) is 6.42 Å². The van der Waals surface area contributed by atoms with Crippen molar-refractivity contribution in [2.75, 3.05) is 13.1 Å². The van der Waals surface area contributed by atoms with Crippen LogP contribution in [0.1, 0.15) is 51.0 Å². The molecule has 128 valence electrons. The Morgan fingerprint density at radius 2 is 1.79 bits per heavy atom. The van der Waals surface area contributed by atoms with Crippen LogP contribution < -0.4 is 0 Å². The van der Waals surface area contributed by atoms with Gasteiger partial charge in [0.25, 0.3) is 5.91 Å². The van der Waals surface area contributed by atoms with Gasteiger partial charge in [0, 0.05) is 18.8 Å². The molecule has 0 aliphatic heterocycles. The Bertz CT molecular complexity index is 720. The molecule has 2 rings (SSSR count). The van der Waals surface area contributed by atoms with E-state index in [9.17, 15) is 14.7 Å². The molecule has 24 heavy (non-hydrogen) atoms. The molecule has 0 spiro atoms. The highest BCUT2D eigenvalue weighted by Crippen LogP contribution is 2.20. The van der Waals surface area contributed by atoms with E-state index in [-0.39, 0.29) is 11.6 Å². The number of aromatic amines is 1. The number of carbonyl (C=O) groups is 2. The van der Waals surface area contributed by atoms with Crippen molar-refractivity contribution in [3.63, 3.8) is 0 Å². The van der Waals surface area contributed by atoms with E-state index in [1.807, 2.05) is 42.2 Å². The lowest BCUT2D eigenvalue weighted by Gasteiger charge is -2.22. The van der Waals surface area contributed by atoms with Gasteiger partial charge in [-0.3, -0.25) is 4.79 Å². The van der Waals surface area contributed by atoms with Crippen molar-refractivity contribution in [1.82, 2.24) is 9.88 Å². The molecule has 0 radical (unpaired) electrons. The summed E-state index contributed by atoms with van der Waals surface area (Å²) in [6.07, 6.45) is 1.63. The SMILES string of the molecule is CCCN(CCc1ccccc1)C(=O)c1c(C)[nH]c(C(=O)O)c1C. The normalized spacial score (nSPS) is 10.6. The van der Waals surface area contributed by atoms with Crippen molar-refractivity contribution in [2.45, 2.75) is 33.6 Å². The fraction of sp³-hybridized carbons (Fsp3) is 0.368. The molecule has 5 nitrogen and oxygen atoms in total. The van der Waals surface area contributed by atoms with Gasteiger partial charge >= 0.3 is 5.97 Å². The predicted molar refractivity (Wildman–Crippen MR) is 93.6 cm³/mol. The summed E-state index contributed by atoms with van der Waals surface area (Å²) in [5.74, 6) is -1.15. The molecule has 0 atom stereocenters. The van der Waals surface area contributed by atoms with Crippen LogP contribution in [0, 0.1) is 13.8 Å². The topological polar surface area (TPSA) is 73.4 Å². The van der Waals surface area contributed by atoms with Crippen molar-refractivity contribution in [2.24, 2.45) is 0 Å². The maximum absolute atomic E-state index is 12.9. The van der Waals surface area contributed by atoms with Crippen LogP contribution in [0.25, 0.3) is 0 Å². The van der Waals surface area contributed by atoms with Crippen molar-refractivity contribution < 1.29 is 14.7 Å². The Labute approximate surface area is 142 Å². The number of aryl methyl sites for hydroxylation is 1. The van der Waals surface area contributed by atoms with Gasteiger partial charge < -0.3 is 15.0 Å². The van der Waals surface area contributed by atoms with Crippen molar-refractivity contribution in [1.29, 1.82) is 0 Å². The van der Waals surface area contributed by atoms with E-state index < -0.39 is 5.97 Å². The number of carboxylic acids is 1. The Hall–Kier alpha value is -2.56. The summed E-state index contributed by atoms with van der Waals surface area (Å²) in [6, 6.07) is 10.0. The second-order valence-electron chi connectivity index (χ2n) is 5.96. The maximum Gasteiger partial charge on any atom is 0.352 e. The highest BCUT2D eigenvalue weighted by molar-refractivity contribution is 6.00. The second-order valence-corrected chi connectivity index (χ2v) is 5.96. The quantitative estimate of drug-likeness (QED) is 0.818. The lowest BCUT2D eigenvalue weighted by molar-refractivity contribution is 0.0690. The molecule has 0 bridgehead atoms. The standard InChI is InChI=1S/C19H24N2O3/c1-4-11-21(12-10-15-8-6-5-7-9-15)18(22)16-13(2)17(19(23)24)20-14(16)3/h5-9,20H,4,10-12H2,1-3H3,(H,23,24). The third-order valence-electron chi connectivity index (χ3n) is 4.16. The van der Waals surface area contributed by atoms with Crippen LogP contribution in [0.3, 0.4) is 0 Å². The van der Waals surface area contributed by atoms with Gasteiger partial charge in [0.15, 0.2) is 0 Å². The molecule has 0 aliphatic rings. The average molecular weight is 328 g/mol. The third-order valence-corrected chi connectivity index (χ3v) is 4.16. The first-order chi connectivity index (χ1) is 11.5. The van der Waals surface area contributed by atoms with E-state index in [4.69, 9.17) is 0 Å². The summed E-state index contributed by atoms with van der Waals surface area (Å²) >= 11 is 0. The third kappa shape index (κ3) is 3.85. The molecule has 2 aromatic rings. The van der Waals surface area contributed by atoms with Gasteiger partial charge in [-0.2, -0.15) is 0 Å². The van der Waals surface area contributed by atoms with Gasteiger partial charge in [0.2, 0.25) is 0 Å². The van der Waals surface area contributed by atoms with E-state index in [2.05, 4.69) is 4.98 Å². The molecule has 0 saturated carbocycles. The molecule has 2 N–H and O–H groups in total. The number of H-pyrrole nitrogens is 1. The number of carboxylic acid groups (broad SMARTS) is 1. The first-order valence-corrected chi connectivity index (χ1v) is 8.21. The summed E-state index contributed by atoms with van der Waals surface area (Å²) in [4.78, 5) is 28.8. The molecular weight excluding hydrogens is 304 g/mol. The van der Waals surface area contributed by atoms with E-state index in [1.54, 1.807) is 13.8 Å². The van der Waals surface area contributed by atoms with Gasteiger partial charge in [-0.05, 0) is 37.8 Å². The number of carbonyl (C=O) groups excluding carboxylic acids is 1. The molecule has 0 fully saturated rings. The molecule has 0 aliphatic carbocycles. The van der Waals surface area contributed by atoms with Gasteiger partial charge in [0.1, 0.15) is 5.69 Å². The number of aromatic nitrogens is 1. The lowest BCUT2D eigenvalue weighted by Crippen LogP contribution is -2.34. The maximum atomic E-state index is 12.9. The molecule has 5 heteroatoms. The highest BCUT2D eigenvalue weighted by Gasteiger charge is 2.25. The van der Waals surface area contributed by atoms with Crippen molar-refractivity contribution in [3.05, 3.63) is 58.4 Å². The summed E-state index contributed by atoms with van der Waals surface area (Å²) in [5, 5.41) is 9.22. The molecular formula is C19H24N2O3. The minimum absolute atomic E-state index is 0.0929. The van der Waals surface area contributed by atoms with Gasteiger partial charge in [-0.25, -0.2) is 4.79 Å². The molecule has 1 aromatic carbocycles. The summed E-state index contributed by atoms with van der Waals surface area (Å²) in [6.45, 7) is 6.72. The Balaban J connectivity index is 2.21. The molecule has 1 aromatic heterocycles. The van der Waals surface area contributed by atoms with Gasteiger partial charge in [-0.1, -0.05) is 37.3 Å². The van der Waals surface area contributed by atoms with Crippen LogP contribution in [0.5, 0.6) is 0 Å². The summed E-state index contributed by atoms with van der Waals surface area (Å²) < 4.78 is 0. The minimum atomic E-state index is -1.04. The van der Waals surface area contributed by atoms with E-state index in [1.165, 1.54) is 5.56 Å². The van der Waals surface area contributed by atoms with Crippen LogP contribution >= 0.6 is 0 Å². The number of nitrogens with one attached hydrogen (secondary N) is 1. The zero-order valence-electron chi connectivity index (χ0n) is 14.4. The fourth-order valence-electron chi connectivity index (χ4n) is 2.94. The Morgan fingerprint density at radius 1 is 1.12 bits per heavy atom. The Kier molecular flexibility index (Phi) is 5.79. The van der Waals surface area contributed by atoms with Crippen molar-refractivity contribution in [3.8, 4) is 0 Å². The first-order valence-electron chi connectivity index (χ1n) is 8.21. The van der Waals surface area contributed by atoms with Crippen LogP contribution in [-0.4, -0.2) is 40.0 Å². The van der Waals surface area contributed by atoms with E-state index >= 15 is 0 Å². The van der Waals surface area contributed by atoms with E-state index in [0.29, 0.717) is 29.9 Å². The number of rotatable bonds is 7.